The van der Waals surface area contributed by atoms with Crippen molar-refractivity contribution in [2.45, 2.75) is 6.92 Å². The van der Waals surface area contributed by atoms with E-state index in [1.807, 2.05) is 31.2 Å². The van der Waals surface area contributed by atoms with Crippen LogP contribution in [0.5, 0.6) is 17.2 Å². The first-order chi connectivity index (χ1) is 9.60. The Morgan fingerprint density at radius 3 is 2.60 bits per heavy atom. The van der Waals surface area contributed by atoms with Gasteiger partial charge in [0.25, 0.3) is 0 Å². The minimum absolute atomic E-state index is 0.0237. The van der Waals surface area contributed by atoms with Crippen molar-refractivity contribution in [2.24, 2.45) is 5.73 Å². The van der Waals surface area contributed by atoms with Crippen LogP contribution < -0.4 is 15.2 Å². The van der Waals surface area contributed by atoms with Crippen molar-refractivity contribution in [1.29, 1.82) is 5.41 Å². The van der Waals surface area contributed by atoms with Crippen molar-refractivity contribution >= 4 is 21.8 Å². The normalized spacial score (nSPS) is 10.1. The Morgan fingerprint density at radius 2 is 1.95 bits per heavy atom. The molecule has 0 saturated heterocycles. The second-order valence-electron chi connectivity index (χ2n) is 4.07. The predicted octanol–water partition coefficient (Wildman–Crippen LogP) is 3.92. The number of nitrogen functional groups attached to an aromatic ring is 1. The first-order valence-electron chi connectivity index (χ1n) is 6.15. The highest BCUT2D eigenvalue weighted by atomic mass is 79.9. The monoisotopic (exact) mass is 334 g/mol. The lowest BCUT2D eigenvalue weighted by Crippen LogP contribution is -2.10. The molecule has 0 radical (unpaired) electrons. The minimum atomic E-state index is 0.0237. The number of benzene rings is 2. The van der Waals surface area contributed by atoms with E-state index in [9.17, 15) is 0 Å². The van der Waals surface area contributed by atoms with E-state index in [1.165, 1.54) is 0 Å². The molecule has 2 aromatic carbocycles. The fraction of sp³-hybridized carbons (Fsp3) is 0.133. The minimum Gasteiger partial charge on any atom is -0.494 e. The molecule has 0 atom stereocenters. The van der Waals surface area contributed by atoms with E-state index in [4.69, 9.17) is 20.6 Å². The summed E-state index contributed by atoms with van der Waals surface area (Å²) in [5.41, 5.74) is 6.09. The Balaban J connectivity index is 2.21. The van der Waals surface area contributed by atoms with E-state index in [1.54, 1.807) is 18.2 Å². The van der Waals surface area contributed by atoms with Crippen molar-refractivity contribution in [2.75, 3.05) is 6.61 Å². The number of rotatable bonds is 5. The van der Waals surface area contributed by atoms with Gasteiger partial charge in [-0.2, -0.15) is 0 Å². The molecule has 2 rings (SSSR count). The molecule has 0 aromatic heterocycles. The van der Waals surface area contributed by atoms with Crippen molar-refractivity contribution in [3.8, 4) is 17.2 Å². The van der Waals surface area contributed by atoms with Crippen LogP contribution in [0.1, 0.15) is 12.5 Å². The molecule has 0 aliphatic rings. The summed E-state index contributed by atoms with van der Waals surface area (Å²) in [4.78, 5) is 0. The van der Waals surface area contributed by atoms with E-state index >= 15 is 0 Å². The van der Waals surface area contributed by atoms with Gasteiger partial charge in [0.15, 0.2) is 0 Å². The molecule has 0 fully saturated rings. The van der Waals surface area contributed by atoms with Crippen LogP contribution >= 0.6 is 15.9 Å². The Hall–Kier alpha value is -2.01. The third kappa shape index (κ3) is 3.51. The molecule has 0 heterocycles. The molecule has 0 saturated carbocycles. The highest BCUT2D eigenvalue weighted by Crippen LogP contribution is 2.31. The molecule has 4 nitrogen and oxygen atoms in total. The average Bonchev–Trinajstić information content (AvgIpc) is 2.42. The summed E-state index contributed by atoms with van der Waals surface area (Å²) in [6, 6.07) is 12.7. The van der Waals surface area contributed by atoms with Gasteiger partial charge in [-0.1, -0.05) is 6.07 Å². The summed E-state index contributed by atoms with van der Waals surface area (Å²) < 4.78 is 12.0. The predicted molar refractivity (Wildman–Crippen MR) is 82.8 cm³/mol. The second kappa shape index (κ2) is 6.43. The maximum atomic E-state index is 7.40. The van der Waals surface area contributed by atoms with Crippen LogP contribution in [0.2, 0.25) is 0 Å². The zero-order valence-corrected chi connectivity index (χ0v) is 12.6. The quantitative estimate of drug-likeness (QED) is 0.643. The van der Waals surface area contributed by atoms with Gasteiger partial charge >= 0.3 is 0 Å². The van der Waals surface area contributed by atoms with Gasteiger partial charge in [-0.25, -0.2) is 0 Å². The van der Waals surface area contributed by atoms with Gasteiger partial charge in [-0.15, -0.1) is 0 Å². The summed E-state index contributed by atoms with van der Waals surface area (Å²) >= 11 is 3.41. The Morgan fingerprint density at radius 1 is 1.20 bits per heavy atom. The van der Waals surface area contributed by atoms with Crippen LogP contribution in [0.4, 0.5) is 0 Å². The molecule has 0 spiro atoms. The summed E-state index contributed by atoms with van der Waals surface area (Å²) in [7, 11) is 0. The van der Waals surface area contributed by atoms with Crippen LogP contribution in [-0.4, -0.2) is 12.4 Å². The van der Waals surface area contributed by atoms with Gasteiger partial charge < -0.3 is 15.2 Å². The van der Waals surface area contributed by atoms with Gasteiger partial charge in [0.1, 0.15) is 23.1 Å². The SMILES string of the molecule is CCOc1cccc(Oc2ccc(C(=N)N)cc2Br)c1. The third-order valence-electron chi connectivity index (χ3n) is 2.59. The molecule has 2 aromatic rings. The third-order valence-corrected chi connectivity index (χ3v) is 3.21. The van der Waals surface area contributed by atoms with Gasteiger partial charge in [-0.3, -0.25) is 5.41 Å². The van der Waals surface area contributed by atoms with Gasteiger partial charge in [0.2, 0.25) is 0 Å². The fourth-order valence-corrected chi connectivity index (χ4v) is 2.13. The number of amidine groups is 1. The molecule has 0 unspecified atom stereocenters. The number of ether oxygens (including phenoxy) is 2. The highest BCUT2D eigenvalue weighted by molar-refractivity contribution is 9.10. The topological polar surface area (TPSA) is 68.3 Å². The summed E-state index contributed by atoms with van der Waals surface area (Å²) in [5, 5.41) is 7.40. The largest absolute Gasteiger partial charge is 0.494 e. The van der Waals surface area contributed by atoms with E-state index in [0.29, 0.717) is 23.7 Å². The average molecular weight is 335 g/mol. The number of nitrogens with one attached hydrogen (secondary N) is 1. The van der Waals surface area contributed by atoms with Crippen molar-refractivity contribution in [3.05, 3.63) is 52.5 Å². The molecule has 0 aliphatic heterocycles. The number of hydrogen-bond donors (Lipinski definition) is 2. The van der Waals surface area contributed by atoms with Gasteiger partial charge in [0.05, 0.1) is 11.1 Å². The molecule has 0 aliphatic carbocycles. The number of hydrogen-bond acceptors (Lipinski definition) is 3. The lowest BCUT2D eigenvalue weighted by Gasteiger charge is -2.10. The smallest absolute Gasteiger partial charge is 0.141 e. The lowest BCUT2D eigenvalue weighted by molar-refractivity contribution is 0.338. The van der Waals surface area contributed by atoms with Crippen molar-refractivity contribution < 1.29 is 9.47 Å². The highest BCUT2D eigenvalue weighted by Gasteiger charge is 2.06. The standard InChI is InChI=1S/C15H15BrN2O2/c1-2-19-11-4-3-5-12(9-11)20-14-7-6-10(15(17)18)8-13(14)16/h3-9H,2H2,1H3,(H3,17,18). The zero-order valence-electron chi connectivity index (χ0n) is 11.0. The molecule has 0 amide bonds. The lowest BCUT2D eigenvalue weighted by atomic mass is 10.2. The zero-order chi connectivity index (χ0) is 14.5. The van der Waals surface area contributed by atoms with Crippen LogP contribution in [0.25, 0.3) is 0 Å². The maximum absolute atomic E-state index is 7.40. The summed E-state index contributed by atoms with van der Waals surface area (Å²) in [6.07, 6.45) is 0. The molecular weight excluding hydrogens is 320 g/mol. The van der Waals surface area contributed by atoms with E-state index < -0.39 is 0 Å². The van der Waals surface area contributed by atoms with Crippen molar-refractivity contribution in [1.82, 2.24) is 0 Å². The van der Waals surface area contributed by atoms with Crippen LogP contribution in [0.15, 0.2) is 46.9 Å². The molecule has 0 bridgehead atoms. The summed E-state index contributed by atoms with van der Waals surface area (Å²) in [5.74, 6) is 2.13. The van der Waals surface area contributed by atoms with Crippen LogP contribution in [0, 0.1) is 5.41 Å². The fourth-order valence-electron chi connectivity index (χ4n) is 1.67. The summed E-state index contributed by atoms with van der Waals surface area (Å²) in [6.45, 7) is 2.55. The Bertz CT molecular complexity index is 629. The van der Waals surface area contributed by atoms with Gasteiger partial charge in [0, 0.05) is 11.6 Å². The Kier molecular flexibility index (Phi) is 4.63. The van der Waals surface area contributed by atoms with Crippen LogP contribution in [0.3, 0.4) is 0 Å². The van der Waals surface area contributed by atoms with Crippen LogP contribution in [-0.2, 0) is 0 Å². The van der Waals surface area contributed by atoms with E-state index in [2.05, 4.69) is 15.9 Å². The van der Waals surface area contributed by atoms with E-state index in [-0.39, 0.29) is 5.84 Å². The molecular formula is C15H15BrN2O2. The molecule has 104 valence electrons. The first-order valence-corrected chi connectivity index (χ1v) is 6.94. The number of halogens is 1. The molecule has 3 N–H and O–H groups in total. The molecule has 5 heteroatoms. The molecule has 20 heavy (non-hydrogen) atoms. The second-order valence-corrected chi connectivity index (χ2v) is 4.92. The first kappa shape index (κ1) is 14.4. The van der Waals surface area contributed by atoms with E-state index in [0.717, 1.165) is 10.2 Å². The van der Waals surface area contributed by atoms with Gasteiger partial charge in [-0.05, 0) is 53.2 Å². The Labute approximate surface area is 126 Å². The van der Waals surface area contributed by atoms with Crippen molar-refractivity contribution in [3.63, 3.8) is 0 Å². The maximum Gasteiger partial charge on any atom is 0.141 e. The number of nitrogens with two attached hydrogens (primary N) is 1.